The predicted octanol–water partition coefficient (Wildman–Crippen LogP) is 3.38. The summed E-state index contributed by atoms with van der Waals surface area (Å²) in [5.41, 5.74) is 0.190. The fraction of sp³-hybridized carbons (Fsp3) is 0.583. The van der Waals surface area contributed by atoms with Gasteiger partial charge in [-0.25, -0.2) is 18.3 Å². The lowest BCUT2D eigenvalue weighted by atomic mass is 10.0. The number of aromatic nitrogens is 5. The summed E-state index contributed by atoms with van der Waals surface area (Å²) < 4.78 is 36.5. The second-order valence-corrected chi connectivity index (χ2v) is 10.1. The number of morpholine rings is 1. The summed E-state index contributed by atoms with van der Waals surface area (Å²) in [6.45, 7) is 7.50. The lowest BCUT2D eigenvalue weighted by Crippen LogP contribution is -2.39. The van der Waals surface area contributed by atoms with Crippen LogP contribution in [0.25, 0.3) is 5.65 Å². The largest absolute Gasteiger partial charge is 0.374 e. The van der Waals surface area contributed by atoms with Gasteiger partial charge in [-0.3, -0.25) is 9.48 Å². The van der Waals surface area contributed by atoms with Crippen LogP contribution in [0.15, 0.2) is 24.7 Å². The number of hydrogen-bond donors (Lipinski definition) is 1. The highest BCUT2D eigenvalue weighted by Crippen LogP contribution is 2.33. The van der Waals surface area contributed by atoms with Crippen LogP contribution in [0, 0.1) is 0 Å². The number of ether oxygens (including phenoxy) is 1. The second kappa shape index (κ2) is 9.07. The number of fused-ring (bicyclic) bond motifs is 3. The van der Waals surface area contributed by atoms with Crippen LogP contribution >= 0.6 is 0 Å². The van der Waals surface area contributed by atoms with Gasteiger partial charge in [0.25, 0.3) is 12.3 Å². The van der Waals surface area contributed by atoms with Gasteiger partial charge < -0.3 is 19.9 Å². The average molecular weight is 503 g/mol. The smallest absolute Gasteiger partial charge is 0.284 e. The molecule has 0 aliphatic carbocycles. The molecule has 194 valence electrons. The lowest BCUT2D eigenvalue weighted by molar-refractivity contribution is 0.0988. The van der Waals surface area contributed by atoms with E-state index >= 15 is 0 Å². The zero-order valence-electron chi connectivity index (χ0n) is 20.3. The topological polar surface area (TPSA) is 92.8 Å². The molecule has 36 heavy (non-hydrogen) atoms. The third kappa shape index (κ3) is 4.11. The maximum absolute atomic E-state index is 13.8. The molecule has 3 aromatic rings. The summed E-state index contributed by atoms with van der Waals surface area (Å²) in [5.74, 6) is 0.207. The van der Waals surface area contributed by atoms with Gasteiger partial charge in [-0.2, -0.15) is 10.2 Å². The molecule has 0 aromatic carbocycles. The molecule has 6 heterocycles. The number of anilines is 2. The van der Waals surface area contributed by atoms with Gasteiger partial charge in [0.1, 0.15) is 11.4 Å². The number of rotatable bonds is 6. The predicted molar refractivity (Wildman–Crippen MR) is 131 cm³/mol. The van der Waals surface area contributed by atoms with Crippen molar-refractivity contribution in [1.29, 1.82) is 0 Å². The van der Waals surface area contributed by atoms with Gasteiger partial charge in [0.05, 0.1) is 36.7 Å². The number of piperidine rings is 1. The Morgan fingerprint density at radius 1 is 1.25 bits per heavy atom. The van der Waals surface area contributed by atoms with E-state index in [0.29, 0.717) is 18.3 Å². The van der Waals surface area contributed by atoms with E-state index in [1.54, 1.807) is 10.9 Å². The summed E-state index contributed by atoms with van der Waals surface area (Å²) in [5, 5.41) is 11.0. The third-order valence-corrected chi connectivity index (χ3v) is 7.61. The first-order valence-electron chi connectivity index (χ1n) is 12.5. The molecule has 12 heteroatoms. The van der Waals surface area contributed by atoms with Gasteiger partial charge in [0, 0.05) is 39.5 Å². The van der Waals surface area contributed by atoms with Crippen molar-refractivity contribution >= 4 is 23.1 Å². The number of amides is 1. The van der Waals surface area contributed by atoms with Gasteiger partial charge in [0.15, 0.2) is 11.3 Å². The molecule has 3 saturated heterocycles. The molecular weight excluding hydrogens is 470 g/mol. The van der Waals surface area contributed by atoms with Crippen molar-refractivity contribution < 1.29 is 19.7 Å². The summed E-state index contributed by atoms with van der Waals surface area (Å²) in [4.78, 5) is 22.4. The van der Waals surface area contributed by atoms with Crippen LogP contribution in [0.4, 0.5) is 20.3 Å². The van der Waals surface area contributed by atoms with Crippen LogP contribution in [0.3, 0.4) is 0 Å². The van der Waals surface area contributed by atoms with E-state index in [0.717, 1.165) is 44.7 Å². The molecule has 1 amide bonds. The number of carbonyl (C=O) groups excluding carboxylic acids is 1. The molecule has 3 fully saturated rings. The van der Waals surface area contributed by atoms with Crippen LogP contribution in [0.1, 0.15) is 63.1 Å². The van der Waals surface area contributed by atoms with E-state index in [1.165, 1.54) is 16.9 Å². The molecule has 3 aliphatic heterocycles. The van der Waals surface area contributed by atoms with Crippen LogP contribution in [0.5, 0.6) is 0 Å². The molecular formula is C24H32F2N8O2. The van der Waals surface area contributed by atoms with Gasteiger partial charge >= 0.3 is 0 Å². The number of halogens is 2. The summed E-state index contributed by atoms with van der Waals surface area (Å²) in [6.07, 6.45) is 4.71. The van der Waals surface area contributed by atoms with Gasteiger partial charge in [0.2, 0.25) is 0 Å². The molecule has 0 unspecified atom stereocenters. The van der Waals surface area contributed by atoms with E-state index in [-0.39, 0.29) is 30.9 Å². The minimum Gasteiger partial charge on any atom is -0.374 e. The number of likely N-dealkylation sites (tertiary alicyclic amines) is 1. The molecule has 3 aliphatic rings. The van der Waals surface area contributed by atoms with Gasteiger partial charge in [-0.1, -0.05) is 0 Å². The van der Waals surface area contributed by atoms with E-state index in [1.807, 2.05) is 6.07 Å². The minimum atomic E-state index is -2.81. The number of nitrogens with zero attached hydrogens (tertiary/aromatic N) is 7. The second-order valence-electron chi connectivity index (χ2n) is 10.1. The molecule has 0 radical (unpaired) electrons. The van der Waals surface area contributed by atoms with Crippen LogP contribution < -0.4 is 10.2 Å². The Morgan fingerprint density at radius 2 is 2.06 bits per heavy atom. The molecule has 0 saturated carbocycles. The first-order chi connectivity index (χ1) is 17.4. The summed E-state index contributed by atoms with van der Waals surface area (Å²) in [7, 11) is 0. The van der Waals surface area contributed by atoms with Crippen molar-refractivity contribution in [1.82, 2.24) is 29.3 Å². The quantitative estimate of drug-likeness (QED) is 0.552. The molecule has 3 aromatic heterocycles. The molecule has 10 nitrogen and oxygen atoms in total. The number of hydrogen-bond acceptors (Lipinski definition) is 7. The monoisotopic (exact) mass is 502 g/mol. The number of alkyl halides is 2. The van der Waals surface area contributed by atoms with Gasteiger partial charge in [-0.05, 0) is 39.2 Å². The Kier molecular flexibility index (Phi) is 5.87. The van der Waals surface area contributed by atoms with Crippen LogP contribution in [0.2, 0.25) is 0 Å². The van der Waals surface area contributed by atoms with E-state index in [9.17, 15) is 13.6 Å². The fourth-order valence-electron chi connectivity index (χ4n) is 5.57. The average Bonchev–Trinajstić information content (AvgIpc) is 3.66. The van der Waals surface area contributed by atoms with E-state index in [2.05, 4.69) is 39.2 Å². The zero-order valence-corrected chi connectivity index (χ0v) is 20.3. The first kappa shape index (κ1) is 23.3. The highest BCUT2D eigenvalue weighted by molar-refractivity contribution is 6.08. The van der Waals surface area contributed by atoms with Gasteiger partial charge in [-0.15, -0.1) is 0 Å². The third-order valence-electron chi connectivity index (χ3n) is 7.61. The highest BCUT2D eigenvalue weighted by atomic mass is 19.3. The zero-order chi connectivity index (χ0) is 25.0. The highest BCUT2D eigenvalue weighted by Gasteiger charge is 2.39. The van der Waals surface area contributed by atoms with Crippen molar-refractivity contribution in [3.63, 3.8) is 0 Å². The first-order valence-corrected chi connectivity index (χ1v) is 12.5. The number of nitrogens with one attached hydrogen (secondary N) is 1. The van der Waals surface area contributed by atoms with Crippen molar-refractivity contribution in [3.8, 4) is 0 Å². The van der Waals surface area contributed by atoms with Crippen molar-refractivity contribution in [2.24, 2.45) is 0 Å². The Bertz CT molecular complexity index is 1270. The molecule has 2 atom stereocenters. The lowest BCUT2D eigenvalue weighted by Gasteiger charge is -2.34. The van der Waals surface area contributed by atoms with E-state index in [4.69, 9.17) is 9.72 Å². The van der Waals surface area contributed by atoms with Crippen molar-refractivity contribution in [2.45, 2.75) is 63.8 Å². The Morgan fingerprint density at radius 3 is 2.72 bits per heavy atom. The normalized spacial score (nSPS) is 23.0. The fourth-order valence-corrected chi connectivity index (χ4v) is 5.57. The molecule has 6 rings (SSSR count). The summed E-state index contributed by atoms with van der Waals surface area (Å²) >= 11 is 0. The maximum Gasteiger partial charge on any atom is 0.284 e. The minimum absolute atomic E-state index is 0. The van der Waals surface area contributed by atoms with Crippen LogP contribution in [-0.2, 0) is 4.74 Å². The molecule has 1 N–H and O–H groups in total. The molecule has 2 bridgehead atoms. The van der Waals surface area contributed by atoms with E-state index < -0.39 is 18.0 Å². The van der Waals surface area contributed by atoms with Crippen molar-refractivity contribution in [3.05, 3.63) is 35.9 Å². The number of carbonyl (C=O) groups is 1. The molecule has 0 spiro atoms. The van der Waals surface area contributed by atoms with Crippen molar-refractivity contribution in [2.75, 3.05) is 36.5 Å². The Labute approximate surface area is 208 Å². The SMILES string of the molecule is CC(C)N1CCC(n2cc(NC(=O)c3cnn4ccc(N5C[C@H]6C[C@@H]5CO6)nc34)c(C(F)F)n2)CC1.[HH]. The summed E-state index contributed by atoms with van der Waals surface area (Å²) in [6, 6.07) is 2.61. The standard InChI is InChI=1S/C24H30F2N8O2.H2/c1-14(2)31-6-3-15(4-7-31)34-12-19(21(30-34)22(25)26)28-24(35)18-10-27-33-8-5-20(29-23(18)33)32-11-17-9-16(32)13-36-17;/h5,8,10,12,14-17,22H,3-4,6-7,9,11,13H2,1-2H3,(H,28,35);1H/t16-,17-;/m1./s1. The Hall–Kier alpha value is -3.12. The van der Waals surface area contributed by atoms with Crippen LogP contribution in [-0.4, -0.2) is 79.6 Å². The maximum atomic E-state index is 13.8. The Balaban J connectivity index is 0.00000280.